The molecule has 3 rings (SSSR count). The molecule has 158 valence electrons. The van der Waals surface area contributed by atoms with Gasteiger partial charge in [-0.1, -0.05) is 6.07 Å². The topological polar surface area (TPSA) is 88.2 Å². The third-order valence-corrected chi connectivity index (χ3v) is 5.28. The molecule has 8 nitrogen and oxygen atoms in total. The van der Waals surface area contributed by atoms with Crippen LogP contribution in [-0.4, -0.2) is 66.8 Å². The first-order valence-electron chi connectivity index (χ1n) is 9.88. The second-order valence-electron chi connectivity index (χ2n) is 8.64. The number of hydrogen-bond acceptors (Lipinski definition) is 5. The van der Waals surface area contributed by atoms with E-state index < -0.39 is 11.7 Å². The van der Waals surface area contributed by atoms with E-state index in [0.717, 1.165) is 6.42 Å². The Hall–Kier alpha value is -2.77. The van der Waals surface area contributed by atoms with Gasteiger partial charge in [0.25, 0.3) is 5.91 Å². The molecular formula is C21H29N3O5. The van der Waals surface area contributed by atoms with Gasteiger partial charge >= 0.3 is 12.2 Å². The maximum atomic E-state index is 13.0. The molecule has 0 unspecified atom stereocenters. The number of carbonyl (C=O) groups is 3. The lowest BCUT2D eigenvalue weighted by molar-refractivity contribution is 0.0284. The minimum Gasteiger partial charge on any atom is -0.453 e. The van der Waals surface area contributed by atoms with Crippen molar-refractivity contribution in [3.63, 3.8) is 0 Å². The van der Waals surface area contributed by atoms with E-state index in [1.54, 1.807) is 29.2 Å². The molecule has 0 aromatic heterocycles. The number of methoxy groups -OCH3 is 1. The number of ether oxygens (including phenoxy) is 2. The summed E-state index contributed by atoms with van der Waals surface area (Å²) < 4.78 is 10.1. The molecule has 29 heavy (non-hydrogen) atoms. The van der Waals surface area contributed by atoms with Gasteiger partial charge in [-0.3, -0.25) is 10.1 Å². The zero-order chi connectivity index (χ0) is 21.2. The van der Waals surface area contributed by atoms with Crippen molar-refractivity contribution in [2.24, 2.45) is 11.8 Å². The van der Waals surface area contributed by atoms with Crippen LogP contribution in [-0.2, 0) is 9.47 Å². The van der Waals surface area contributed by atoms with Gasteiger partial charge in [-0.2, -0.15) is 0 Å². The molecule has 1 aromatic rings. The molecule has 3 amide bonds. The Labute approximate surface area is 171 Å². The highest BCUT2D eigenvalue weighted by Crippen LogP contribution is 2.32. The zero-order valence-electron chi connectivity index (χ0n) is 17.4. The van der Waals surface area contributed by atoms with Gasteiger partial charge in [0.2, 0.25) is 0 Å². The van der Waals surface area contributed by atoms with Gasteiger partial charge in [0.1, 0.15) is 5.60 Å². The van der Waals surface area contributed by atoms with E-state index in [-0.39, 0.29) is 17.9 Å². The van der Waals surface area contributed by atoms with Crippen molar-refractivity contribution in [1.82, 2.24) is 9.80 Å². The van der Waals surface area contributed by atoms with Crippen LogP contribution in [0.3, 0.4) is 0 Å². The molecule has 2 atom stereocenters. The lowest BCUT2D eigenvalue weighted by atomic mass is 9.88. The predicted octanol–water partition coefficient (Wildman–Crippen LogP) is 3.19. The SMILES string of the molecule is COC(=O)Nc1cccc(C(=O)N2CC[C@@H]3CN(C(=O)OC(C)(C)C)C[C@H]3C2)c1. The number of amides is 3. The molecule has 2 aliphatic rings. The molecule has 0 radical (unpaired) electrons. The highest BCUT2D eigenvalue weighted by molar-refractivity contribution is 5.96. The molecule has 2 aliphatic heterocycles. The Bertz CT molecular complexity index is 789. The van der Waals surface area contributed by atoms with Crippen molar-refractivity contribution in [2.75, 3.05) is 38.6 Å². The maximum absolute atomic E-state index is 13.0. The normalized spacial score (nSPS) is 21.4. The summed E-state index contributed by atoms with van der Waals surface area (Å²) in [7, 11) is 1.29. The summed E-state index contributed by atoms with van der Waals surface area (Å²) in [6.45, 7) is 8.12. The van der Waals surface area contributed by atoms with E-state index in [2.05, 4.69) is 10.1 Å². The molecule has 2 saturated heterocycles. The summed E-state index contributed by atoms with van der Waals surface area (Å²) in [5.74, 6) is 0.558. The first-order chi connectivity index (χ1) is 13.7. The van der Waals surface area contributed by atoms with Gasteiger partial charge in [-0.05, 0) is 57.2 Å². The Morgan fingerprint density at radius 3 is 2.45 bits per heavy atom. The number of rotatable bonds is 2. The second kappa shape index (κ2) is 8.31. The van der Waals surface area contributed by atoms with Crippen LogP contribution in [0.25, 0.3) is 0 Å². The average Bonchev–Trinajstić information content (AvgIpc) is 3.09. The van der Waals surface area contributed by atoms with E-state index in [9.17, 15) is 14.4 Å². The molecule has 0 spiro atoms. The van der Waals surface area contributed by atoms with Crippen LogP contribution < -0.4 is 5.32 Å². The highest BCUT2D eigenvalue weighted by Gasteiger charge is 2.41. The lowest BCUT2D eigenvalue weighted by Crippen LogP contribution is -2.43. The number of fused-ring (bicyclic) bond motifs is 1. The van der Waals surface area contributed by atoms with E-state index in [1.807, 2.05) is 25.7 Å². The molecule has 0 bridgehead atoms. The number of likely N-dealkylation sites (tertiary alicyclic amines) is 2. The largest absolute Gasteiger partial charge is 0.453 e. The predicted molar refractivity (Wildman–Crippen MR) is 108 cm³/mol. The second-order valence-corrected chi connectivity index (χ2v) is 8.64. The van der Waals surface area contributed by atoms with Gasteiger partial charge in [0.05, 0.1) is 7.11 Å². The van der Waals surface area contributed by atoms with Crippen molar-refractivity contribution < 1.29 is 23.9 Å². The smallest absolute Gasteiger partial charge is 0.411 e. The fourth-order valence-corrected chi connectivity index (χ4v) is 3.91. The summed E-state index contributed by atoms with van der Waals surface area (Å²) in [5, 5.41) is 2.57. The van der Waals surface area contributed by atoms with Crippen LogP contribution in [0.2, 0.25) is 0 Å². The molecule has 2 heterocycles. The quantitative estimate of drug-likeness (QED) is 0.819. The lowest BCUT2D eigenvalue weighted by Gasteiger charge is -2.34. The standard InChI is InChI=1S/C21H29N3O5/c1-21(2,3)29-20(27)24-11-15-8-9-23(12-16(15)13-24)18(25)14-6-5-7-17(10-14)22-19(26)28-4/h5-7,10,15-16H,8-9,11-13H2,1-4H3,(H,22,26)/t15-,16-/m1/s1. The van der Waals surface area contributed by atoms with Crippen LogP contribution in [0.4, 0.5) is 15.3 Å². The fourth-order valence-electron chi connectivity index (χ4n) is 3.91. The number of hydrogen-bond donors (Lipinski definition) is 1. The summed E-state index contributed by atoms with van der Waals surface area (Å²) in [6.07, 6.45) is -0.00882. The molecule has 8 heteroatoms. The minimum atomic E-state index is -0.580. The molecule has 0 saturated carbocycles. The van der Waals surface area contributed by atoms with Crippen LogP contribution in [0.1, 0.15) is 37.6 Å². The summed E-state index contributed by atoms with van der Waals surface area (Å²) in [4.78, 5) is 40.3. The number of benzene rings is 1. The van der Waals surface area contributed by atoms with E-state index in [0.29, 0.717) is 43.3 Å². The first-order valence-corrected chi connectivity index (χ1v) is 9.88. The average molecular weight is 403 g/mol. The van der Waals surface area contributed by atoms with Crippen LogP contribution in [0.15, 0.2) is 24.3 Å². The highest BCUT2D eigenvalue weighted by atomic mass is 16.6. The van der Waals surface area contributed by atoms with Crippen LogP contribution in [0.5, 0.6) is 0 Å². The van der Waals surface area contributed by atoms with E-state index in [1.165, 1.54) is 7.11 Å². The van der Waals surface area contributed by atoms with E-state index >= 15 is 0 Å². The Kier molecular flexibility index (Phi) is 6.00. The van der Waals surface area contributed by atoms with Gasteiger partial charge < -0.3 is 19.3 Å². The van der Waals surface area contributed by atoms with Crippen LogP contribution >= 0.6 is 0 Å². The van der Waals surface area contributed by atoms with Crippen molar-refractivity contribution in [1.29, 1.82) is 0 Å². The van der Waals surface area contributed by atoms with Gasteiger partial charge in [0.15, 0.2) is 0 Å². The summed E-state index contributed by atoms with van der Waals surface area (Å²) in [6, 6.07) is 6.81. The van der Waals surface area contributed by atoms with E-state index in [4.69, 9.17) is 4.74 Å². The number of piperidine rings is 1. The molecule has 1 aromatic carbocycles. The molecule has 0 aliphatic carbocycles. The van der Waals surface area contributed by atoms with Gasteiger partial charge in [0, 0.05) is 37.4 Å². The number of nitrogens with one attached hydrogen (secondary N) is 1. The molecule has 2 fully saturated rings. The summed E-state index contributed by atoms with van der Waals surface area (Å²) >= 11 is 0. The third-order valence-electron chi connectivity index (χ3n) is 5.28. The van der Waals surface area contributed by atoms with Crippen molar-refractivity contribution >= 4 is 23.8 Å². The fraction of sp³-hybridized carbons (Fsp3) is 0.571. The molecular weight excluding hydrogens is 374 g/mol. The molecule has 1 N–H and O–H groups in total. The summed E-state index contributed by atoms with van der Waals surface area (Å²) in [5.41, 5.74) is 0.504. The van der Waals surface area contributed by atoms with Gasteiger partial charge in [-0.25, -0.2) is 9.59 Å². The number of anilines is 1. The van der Waals surface area contributed by atoms with Gasteiger partial charge in [-0.15, -0.1) is 0 Å². The first kappa shape index (κ1) is 21.0. The minimum absolute atomic E-state index is 0.0762. The monoisotopic (exact) mass is 403 g/mol. The number of nitrogens with zero attached hydrogens (tertiary/aromatic N) is 2. The maximum Gasteiger partial charge on any atom is 0.411 e. The van der Waals surface area contributed by atoms with Crippen molar-refractivity contribution in [3.05, 3.63) is 29.8 Å². The Balaban J connectivity index is 1.62. The van der Waals surface area contributed by atoms with Crippen LogP contribution in [0, 0.1) is 11.8 Å². The number of carbonyl (C=O) groups excluding carboxylic acids is 3. The Morgan fingerprint density at radius 1 is 1.07 bits per heavy atom. The van der Waals surface area contributed by atoms with Crippen molar-refractivity contribution in [3.8, 4) is 0 Å². The zero-order valence-corrected chi connectivity index (χ0v) is 17.4. The van der Waals surface area contributed by atoms with Crippen molar-refractivity contribution in [2.45, 2.75) is 32.8 Å². The third kappa shape index (κ3) is 5.19. The Morgan fingerprint density at radius 2 is 1.76 bits per heavy atom.